The lowest BCUT2D eigenvalue weighted by Crippen LogP contribution is -2.27. The van der Waals surface area contributed by atoms with E-state index in [1.54, 1.807) is 0 Å². The van der Waals surface area contributed by atoms with Crippen LogP contribution in [0.1, 0.15) is 48.6 Å². The van der Waals surface area contributed by atoms with Crippen molar-refractivity contribution in [1.82, 2.24) is 15.0 Å². The summed E-state index contributed by atoms with van der Waals surface area (Å²) in [6.45, 7) is 2.75. The van der Waals surface area contributed by atoms with Crippen molar-refractivity contribution in [2.75, 3.05) is 7.05 Å². The van der Waals surface area contributed by atoms with Gasteiger partial charge in [0, 0.05) is 12.5 Å². The molecule has 1 aromatic heterocycles. The average molecular weight is 271 g/mol. The van der Waals surface area contributed by atoms with Crippen LogP contribution in [0.4, 0.5) is 0 Å². The van der Waals surface area contributed by atoms with E-state index in [4.69, 9.17) is 4.52 Å². The van der Waals surface area contributed by atoms with E-state index in [1.807, 2.05) is 6.92 Å². The summed E-state index contributed by atoms with van der Waals surface area (Å²) in [5.41, 5.74) is 2.94. The van der Waals surface area contributed by atoms with Crippen molar-refractivity contribution in [2.45, 2.75) is 45.2 Å². The van der Waals surface area contributed by atoms with E-state index >= 15 is 0 Å². The highest BCUT2D eigenvalue weighted by Gasteiger charge is 2.24. The Morgan fingerprint density at radius 2 is 2.20 bits per heavy atom. The molecule has 0 fully saturated rings. The van der Waals surface area contributed by atoms with Gasteiger partial charge in [-0.25, -0.2) is 0 Å². The van der Waals surface area contributed by atoms with Crippen molar-refractivity contribution in [2.24, 2.45) is 0 Å². The van der Waals surface area contributed by atoms with E-state index in [2.05, 4.69) is 46.4 Å². The highest BCUT2D eigenvalue weighted by Crippen LogP contribution is 2.33. The van der Waals surface area contributed by atoms with Gasteiger partial charge in [-0.1, -0.05) is 36.3 Å². The first kappa shape index (κ1) is 13.3. The number of hydrogen-bond acceptors (Lipinski definition) is 4. The second-order valence-electron chi connectivity index (χ2n) is 5.48. The Morgan fingerprint density at radius 1 is 1.35 bits per heavy atom. The number of rotatable bonds is 4. The average Bonchev–Trinajstić information content (AvgIpc) is 2.94. The molecule has 0 spiro atoms. The molecule has 0 amide bonds. The second kappa shape index (κ2) is 5.75. The number of aryl methyl sites for hydroxylation is 2. The Kier molecular flexibility index (Phi) is 3.83. The molecule has 2 aromatic rings. The van der Waals surface area contributed by atoms with Crippen molar-refractivity contribution >= 4 is 0 Å². The third-order valence-electron chi connectivity index (χ3n) is 4.08. The second-order valence-corrected chi connectivity index (χ2v) is 5.48. The van der Waals surface area contributed by atoms with Gasteiger partial charge in [-0.2, -0.15) is 4.98 Å². The van der Waals surface area contributed by atoms with Crippen LogP contribution in [0.5, 0.6) is 0 Å². The Balaban J connectivity index is 1.76. The third kappa shape index (κ3) is 2.61. The van der Waals surface area contributed by atoms with Crippen LogP contribution < -0.4 is 0 Å². The van der Waals surface area contributed by atoms with Gasteiger partial charge in [0.15, 0.2) is 5.82 Å². The maximum atomic E-state index is 5.30. The predicted octanol–water partition coefficient (Wildman–Crippen LogP) is 3.14. The van der Waals surface area contributed by atoms with Gasteiger partial charge in [0.05, 0.1) is 6.54 Å². The molecular formula is C16H21N3O. The zero-order valence-electron chi connectivity index (χ0n) is 12.2. The molecular weight excluding hydrogens is 250 g/mol. The minimum Gasteiger partial charge on any atom is -0.338 e. The molecule has 1 atom stereocenters. The molecule has 4 nitrogen and oxygen atoms in total. The monoisotopic (exact) mass is 271 g/mol. The fourth-order valence-electron chi connectivity index (χ4n) is 3.01. The summed E-state index contributed by atoms with van der Waals surface area (Å²) >= 11 is 0. The minimum absolute atomic E-state index is 0.455. The topological polar surface area (TPSA) is 42.2 Å². The van der Waals surface area contributed by atoms with Gasteiger partial charge in [-0.15, -0.1) is 0 Å². The maximum Gasteiger partial charge on any atom is 0.240 e. The highest BCUT2D eigenvalue weighted by atomic mass is 16.5. The van der Waals surface area contributed by atoms with Crippen LogP contribution in [0.25, 0.3) is 0 Å². The molecule has 3 rings (SSSR count). The SMILES string of the molecule is CCc1noc(CN(C)[C@@H]2CCCc3ccccc32)n1. The van der Waals surface area contributed by atoms with Crippen molar-refractivity contribution in [3.05, 3.63) is 47.1 Å². The van der Waals surface area contributed by atoms with Crippen LogP contribution in [0.2, 0.25) is 0 Å². The summed E-state index contributed by atoms with van der Waals surface area (Å²) in [7, 11) is 2.14. The zero-order chi connectivity index (χ0) is 13.9. The van der Waals surface area contributed by atoms with E-state index in [1.165, 1.54) is 30.4 Å². The van der Waals surface area contributed by atoms with Gasteiger partial charge in [-0.05, 0) is 37.4 Å². The molecule has 0 aliphatic heterocycles. The summed E-state index contributed by atoms with van der Waals surface area (Å²) in [4.78, 5) is 6.72. The van der Waals surface area contributed by atoms with Gasteiger partial charge in [-0.3, -0.25) is 4.90 Å². The summed E-state index contributed by atoms with van der Waals surface area (Å²) in [5, 5.41) is 3.96. The van der Waals surface area contributed by atoms with Gasteiger partial charge in [0.25, 0.3) is 0 Å². The molecule has 0 saturated heterocycles. The van der Waals surface area contributed by atoms with Gasteiger partial charge < -0.3 is 4.52 Å². The number of benzene rings is 1. The zero-order valence-corrected chi connectivity index (χ0v) is 12.2. The number of fused-ring (bicyclic) bond motifs is 1. The van der Waals surface area contributed by atoms with Crippen LogP contribution in [0, 0.1) is 0 Å². The van der Waals surface area contributed by atoms with Crippen LogP contribution in [-0.2, 0) is 19.4 Å². The molecule has 0 radical (unpaired) electrons. The van der Waals surface area contributed by atoms with Crippen molar-refractivity contribution in [3.8, 4) is 0 Å². The number of aromatic nitrogens is 2. The Bertz CT molecular complexity index is 579. The first-order chi connectivity index (χ1) is 9.78. The molecule has 1 aromatic carbocycles. The fourth-order valence-corrected chi connectivity index (χ4v) is 3.01. The van der Waals surface area contributed by atoms with Gasteiger partial charge in [0.1, 0.15) is 0 Å². The molecule has 0 saturated carbocycles. The van der Waals surface area contributed by atoms with E-state index in [0.717, 1.165) is 12.2 Å². The van der Waals surface area contributed by atoms with E-state index in [0.29, 0.717) is 18.5 Å². The number of hydrogen-bond donors (Lipinski definition) is 0. The highest BCUT2D eigenvalue weighted by molar-refractivity contribution is 5.32. The molecule has 4 heteroatoms. The molecule has 0 N–H and O–H groups in total. The van der Waals surface area contributed by atoms with Crippen molar-refractivity contribution < 1.29 is 4.52 Å². The van der Waals surface area contributed by atoms with Crippen LogP contribution >= 0.6 is 0 Å². The molecule has 0 bridgehead atoms. The lowest BCUT2D eigenvalue weighted by Gasteiger charge is -2.32. The predicted molar refractivity (Wildman–Crippen MR) is 77.3 cm³/mol. The lowest BCUT2D eigenvalue weighted by atomic mass is 9.87. The molecule has 1 aliphatic rings. The van der Waals surface area contributed by atoms with E-state index < -0.39 is 0 Å². The first-order valence-electron chi connectivity index (χ1n) is 7.37. The fraction of sp³-hybridized carbons (Fsp3) is 0.500. The summed E-state index contributed by atoms with van der Waals surface area (Å²) in [6, 6.07) is 9.22. The Hall–Kier alpha value is -1.68. The maximum absolute atomic E-state index is 5.30. The van der Waals surface area contributed by atoms with E-state index in [-0.39, 0.29) is 0 Å². The summed E-state index contributed by atoms with van der Waals surface area (Å²) in [6.07, 6.45) is 4.46. The molecule has 20 heavy (non-hydrogen) atoms. The smallest absolute Gasteiger partial charge is 0.240 e. The quantitative estimate of drug-likeness (QED) is 0.856. The lowest BCUT2D eigenvalue weighted by molar-refractivity contribution is 0.187. The van der Waals surface area contributed by atoms with Gasteiger partial charge in [0.2, 0.25) is 5.89 Å². The largest absolute Gasteiger partial charge is 0.338 e. The number of nitrogens with zero attached hydrogens (tertiary/aromatic N) is 3. The molecule has 106 valence electrons. The Morgan fingerprint density at radius 3 is 3.00 bits per heavy atom. The molecule has 1 heterocycles. The Labute approximate surface area is 119 Å². The summed E-state index contributed by atoms with van der Waals surface area (Å²) in [5.74, 6) is 1.50. The third-order valence-corrected chi connectivity index (χ3v) is 4.08. The molecule has 0 unspecified atom stereocenters. The molecule has 1 aliphatic carbocycles. The van der Waals surface area contributed by atoms with Gasteiger partial charge >= 0.3 is 0 Å². The van der Waals surface area contributed by atoms with Crippen molar-refractivity contribution in [1.29, 1.82) is 0 Å². The van der Waals surface area contributed by atoms with Crippen molar-refractivity contribution in [3.63, 3.8) is 0 Å². The summed E-state index contributed by atoms with van der Waals surface area (Å²) < 4.78 is 5.30. The van der Waals surface area contributed by atoms with Crippen LogP contribution in [-0.4, -0.2) is 22.1 Å². The van der Waals surface area contributed by atoms with Crippen LogP contribution in [0.3, 0.4) is 0 Å². The normalized spacial score (nSPS) is 18.2. The minimum atomic E-state index is 0.455. The standard InChI is InChI=1S/C16H21N3O/c1-3-15-17-16(20-18-15)11-19(2)14-10-6-8-12-7-4-5-9-13(12)14/h4-5,7,9,14H,3,6,8,10-11H2,1-2H3/t14-/m1/s1. The first-order valence-corrected chi connectivity index (χ1v) is 7.37. The van der Waals surface area contributed by atoms with Crippen LogP contribution in [0.15, 0.2) is 28.8 Å². The van der Waals surface area contributed by atoms with E-state index in [9.17, 15) is 0 Å².